The van der Waals surface area contributed by atoms with Gasteiger partial charge in [0.15, 0.2) is 0 Å². The van der Waals surface area contributed by atoms with Crippen LogP contribution in [0.5, 0.6) is 0 Å². The molecule has 0 aliphatic heterocycles. The topological polar surface area (TPSA) is 26.0 Å². The van der Waals surface area contributed by atoms with Gasteiger partial charge in [0.1, 0.15) is 6.04 Å². The zero-order valence-corrected chi connectivity index (χ0v) is 7.30. The predicted octanol–water partition coefficient (Wildman–Crippen LogP) is 2.96. The summed E-state index contributed by atoms with van der Waals surface area (Å²) in [4.78, 5) is 0. The molecule has 12 heavy (non-hydrogen) atoms. The van der Waals surface area contributed by atoms with Crippen molar-refractivity contribution in [1.82, 2.24) is 0 Å². The van der Waals surface area contributed by atoms with Gasteiger partial charge in [0.2, 0.25) is 0 Å². The summed E-state index contributed by atoms with van der Waals surface area (Å²) in [7, 11) is 0. The fourth-order valence-corrected chi connectivity index (χ4v) is 1.60. The van der Waals surface area contributed by atoms with Crippen LogP contribution in [0.3, 0.4) is 0 Å². The van der Waals surface area contributed by atoms with E-state index in [2.05, 4.69) is 0 Å². The monoisotopic (exact) mass is 215 g/mol. The highest BCUT2D eigenvalue weighted by Gasteiger charge is 2.38. The molecule has 0 amide bonds. The molecular weight excluding hydrogens is 211 g/mol. The van der Waals surface area contributed by atoms with Gasteiger partial charge in [-0.3, -0.25) is 0 Å². The van der Waals surface area contributed by atoms with Crippen molar-refractivity contribution in [2.75, 3.05) is 0 Å². The van der Waals surface area contributed by atoms with Crippen LogP contribution >= 0.6 is 22.9 Å². The van der Waals surface area contributed by atoms with Crippen LogP contribution in [-0.2, 0) is 0 Å². The maximum Gasteiger partial charge on any atom is 0.407 e. The molecule has 1 nitrogen and oxygen atoms in total. The van der Waals surface area contributed by atoms with Gasteiger partial charge in [-0.2, -0.15) is 13.2 Å². The number of thiophene rings is 1. The zero-order valence-electron chi connectivity index (χ0n) is 5.73. The Morgan fingerprint density at radius 1 is 1.50 bits per heavy atom. The largest absolute Gasteiger partial charge is 0.407 e. The van der Waals surface area contributed by atoms with Crippen molar-refractivity contribution in [2.24, 2.45) is 5.73 Å². The summed E-state index contributed by atoms with van der Waals surface area (Å²) >= 11 is 6.48. The molecule has 0 radical (unpaired) electrons. The molecule has 2 N–H and O–H groups in total. The van der Waals surface area contributed by atoms with Crippen LogP contribution in [0, 0.1) is 0 Å². The van der Waals surface area contributed by atoms with Crippen molar-refractivity contribution in [1.29, 1.82) is 0 Å². The first-order chi connectivity index (χ1) is 5.41. The molecule has 0 fully saturated rings. The van der Waals surface area contributed by atoms with Crippen LogP contribution < -0.4 is 5.73 Å². The van der Waals surface area contributed by atoms with Crippen LogP contribution in [0.4, 0.5) is 13.2 Å². The summed E-state index contributed by atoms with van der Waals surface area (Å²) in [6.07, 6.45) is -4.40. The molecule has 1 rings (SSSR count). The lowest BCUT2D eigenvalue weighted by Gasteiger charge is -2.13. The van der Waals surface area contributed by atoms with Gasteiger partial charge < -0.3 is 5.73 Å². The molecule has 1 heterocycles. The molecule has 6 heteroatoms. The van der Waals surface area contributed by atoms with Gasteiger partial charge in [-0.1, -0.05) is 11.6 Å². The number of rotatable bonds is 1. The maximum atomic E-state index is 12.0. The quantitative estimate of drug-likeness (QED) is 0.766. The Hall–Kier alpha value is -0.260. The Balaban J connectivity index is 2.85. The number of nitrogens with two attached hydrogens (primary N) is 1. The molecule has 0 saturated carbocycles. The molecule has 1 aromatic rings. The minimum absolute atomic E-state index is 0.0116. The van der Waals surface area contributed by atoms with Crippen LogP contribution in [0.25, 0.3) is 0 Å². The van der Waals surface area contributed by atoms with Crippen molar-refractivity contribution in [3.8, 4) is 0 Å². The number of alkyl halides is 3. The molecule has 68 valence electrons. The molecule has 1 aromatic heterocycles. The van der Waals surface area contributed by atoms with Crippen LogP contribution in [-0.4, -0.2) is 6.18 Å². The van der Waals surface area contributed by atoms with E-state index in [4.69, 9.17) is 17.3 Å². The standard InChI is InChI=1S/C6H5ClF3NS/c7-4-1-3(2-12-4)5(11)6(8,9)10/h1-2,5H,11H2/t5-/m1/s1. The summed E-state index contributed by atoms with van der Waals surface area (Å²) in [5, 5.41) is 1.31. The Bertz CT molecular complexity index is 270. The highest BCUT2D eigenvalue weighted by atomic mass is 35.5. The smallest absolute Gasteiger partial charge is 0.316 e. The molecule has 1 atom stereocenters. The lowest BCUT2D eigenvalue weighted by atomic mass is 10.2. The Morgan fingerprint density at radius 3 is 2.42 bits per heavy atom. The van der Waals surface area contributed by atoms with Crippen molar-refractivity contribution >= 4 is 22.9 Å². The molecule has 0 aliphatic rings. The summed E-state index contributed by atoms with van der Waals surface area (Å²) in [6, 6.07) is -0.703. The van der Waals surface area contributed by atoms with E-state index in [-0.39, 0.29) is 5.56 Å². The van der Waals surface area contributed by atoms with Gasteiger partial charge >= 0.3 is 6.18 Å². The molecule has 0 aliphatic carbocycles. The number of hydrogen-bond acceptors (Lipinski definition) is 2. The average molecular weight is 216 g/mol. The molecule has 0 bridgehead atoms. The van der Waals surface area contributed by atoms with Crippen LogP contribution in [0.2, 0.25) is 4.34 Å². The van der Waals surface area contributed by atoms with Gasteiger partial charge in [-0.05, 0) is 17.0 Å². The van der Waals surface area contributed by atoms with Gasteiger partial charge in [-0.15, -0.1) is 11.3 Å². The highest BCUT2D eigenvalue weighted by molar-refractivity contribution is 7.14. The highest BCUT2D eigenvalue weighted by Crippen LogP contribution is 2.33. The average Bonchev–Trinajstić information content (AvgIpc) is 2.32. The van der Waals surface area contributed by atoms with Gasteiger partial charge in [-0.25, -0.2) is 0 Å². The second-order valence-corrected chi connectivity index (χ2v) is 3.75. The lowest BCUT2D eigenvalue weighted by Crippen LogP contribution is -2.27. The maximum absolute atomic E-state index is 12.0. The number of hydrogen-bond donors (Lipinski definition) is 1. The lowest BCUT2D eigenvalue weighted by molar-refractivity contribution is -0.149. The van der Waals surface area contributed by atoms with Crippen molar-refractivity contribution in [2.45, 2.75) is 12.2 Å². The summed E-state index contributed by atoms with van der Waals surface area (Å²) < 4.78 is 36.3. The molecule has 0 aromatic carbocycles. The van der Waals surface area contributed by atoms with Gasteiger partial charge in [0, 0.05) is 0 Å². The Morgan fingerprint density at radius 2 is 2.08 bits per heavy atom. The van der Waals surface area contributed by atoms with Crippen molar-refractivity contribution < 1.29 is 13.2 Å². The van der Waals surface area contributed by atoms with Crippen molar-refractivity contribution in [3.63, 3.8) is 0 Å². The van der Waals surface area contributed by atoms with E-state index in [0.29, 0.717) is 4.34 Å². The normalized spacial score (nSPS) is 14.8. The van der Waals surface area contributed by atoms with E-state index < -0.39 is 12.2 Å². The van der Waals surface area contributed by atoms with E-state index >= 15 is 0 Å². The molecule has 0 saturated heterocycles. The van der Waals surface area contributed by atoms with Gasteiger partial charge in [0.25, 0.3) is 0 Å². The van der Waals surface area contributed by atoms with E-state index in [1.807, 2.05) is 0 Å². The van der Waals surface area contributed by atoms with E-state index in [9.17, 15) is 13.2 Å². The number of halogens is 4. The third kappa shape index (κ3) is 2.12. The molecule has 0 spiro atoms. The third-order valence-corrected chi connectivity index (χ3v) is 2.41. The first-order valence-corrected chi connectivity index (χ1v) is 4.23. The molecular formula is C6H5ClF3NS. The fourth-order valence-electron chi connectivity index (χ4n) is 0.675. The van der Waals surface area contributed by atoms with Crippen LogP contribution in [0.1, 0.15) is 11.6 Å². The van der Waals surface area contributed by atoms with Crippen molar-refractivity contribution in [3.05, 3.63) is 21.3 Å². The second kappa shape index (κ2) is 3.24. The first-order valence-electron chi connectivity index (χ1n) is 2.97. The Labute approximate surface area is 75.9 Å². The second-order valence-electron chi connectivity index (χ2n) is 2.20. The summed E-state index contributed by atoms with van der Waals surface area (Å²) in [5.74, 6) is 0. The van der Waals surface area contributed by atoms with Gasteiger partial charge in [0.05, 0.1) is 4.34 Å². The van der Waals surface area contributed by atoms with E-state index in [1.165, 1.54) is 11.4 Å². The molecule has 0 unspecified atom stereocenters. The zero-order chi connectivity index (χ0) is 9.35. The minimum atomic E-state index is -4.40. The summed E-state index contributed by atoms with van der Waals surface area (Å²) in [5.41, 5.74) is 4.92. The predicted molar refractivity (Wildman–Crippen MR) is 42.3 cm³/mol. The SMILES string of the molecule is N[C@H](c1csc(Cl)c1)C(F)(F)F. The van der Waals surface area contributed by atoms with Crippen LogP contribution in [0.15, 0.2) is 11.4 Å². The van der Waals surface area contributed by atoms with E-state index in [1.54, 1.807) is 0 Å². The minimum Gasteiger partial charge on any atom is -0.316 e. The third-order valence-electron chi connectivity index (χ3n) is 1.30. The Kier molecular flexibility index (Phi) is 2.65. The first kappa shape index (κ1) is 9.83. The fraction of sp³-hybridized carbons (Fsp3) is 0.333. The van der Waals surface area contributed by atoms with E-state index in [0.717, 1.165) is 11.3 Å². The summed E-state index contributed by atoms with van der Waals surface area (Å²) in [6.45, 7) is 0.